The van der Waals surface area contributed by atoms with Crippen molar-refractivity contribution in [3.8, 4) is 5.82 Å². The average molecular weight is 272 g/mol. The van der Waals surface area contributed by atoms with Crippen LogP contribution in [0.4, 0.5) is 5.95 Å². The number of carbonyl (C=O) groups is 1. The minimum atomic E-state index is -0.543. The Kier molecular flexibility index (Phi) is 2.78. The van der Waals surface area contributed by atoms with Crippen molar-refractivity contribution in [1.82, 2.24) is 29.7 Å². The number of imidazole rings is 1. The molecule has 20 heavy (non-hydrogen) atoms. The predicted molar refractivity (Wildman–Crippen MR) is 71.5 cm³/mol. The number of H-pyrrole nitrogens is 1. The van der Waals surface area contributed by atoms with Gasteiger partial charge in [0.15, 0.2) is 11.5 Å². The van der Waals surface area contributed by atoms with Gasteiger partial charge in [-0.2, -0.15) is 15.1 Å². The van der Waals surface area contributed by atoms with Gasteiger partial charge in [0.1, 0.15) is 5.52 Å². The van der Waals surface area contributed by atoms with Gasteiger partial charge in [0.05, 0.1) is 18.1 Å². The number of rotatable bonds is 4. The van der Waals surface area contributed by atoms with Crippen LogP contribution in [0.15, 0.2) is 18.7 Å². The van der Waals surface area contributed by atoms with Gasteiger partial charge in [-0.15, -0.1) is 0 Å². The molecule has 0 spiro atoms. The van der Waals surface area contributed by atoms with Gasteiger partial charge in [-0.1, -0.05) is 0 Å². The van der Waals surface area contributed by atoms with Crippen LogP contribution in [0.1, 0.15) is 17.3 Å². The number of amides is 1. The van der Waals surface area contributed by atoms with Crippen molar-refractivity contribution < 1.29 is 4.79 Å². The summed E-state index contributed by atoms with van der Waals surface area (Å²) in [6.07, 6.45) is 4.43. The standard InChI is InChI=1S/C11H12N8O/c1-2-13-11-17-9-7(14-5-15-9)10(18-11)19-4-6(3-16-19)8(12)20/h3-5H,2H2,1H3,(H2,12,20)(H2,13,14,15,17,18). The highest BCUT2D eigenvalue weighted by atomic mass is 16.1. The van der Waals surface area contributed by atoms with Crippen LogP contribution in [0.3, 0.4) is 0 Å². The maximum atomic E-state index is 11.1. The van der Waals surface area contributed by atoms with Crippen molar-refractivity contribution in [2.45, 2.75) is 6.92 Å². The summed E-state index contributed by atoms with van der Waals surface area (Å²) in [6, 6.07) is 0. The Balaban J connectivity index is 2.17. The molecule has 0 aliphatic carbocycles. The summed E-state index contributed by atoms with van der Waals surface area (Å²) in [5.41, 5.74) is 6.67. The molecule has 0 aliphatic rings. The molecule has 0 radical (unpaired) electrons. The lowest BCUT2D eigenvalue weighted by atomic mass is 10.3. The molecule has 0 atom stereocenters. The molecule has 0 bridgehead atoms. The van der Waals surface area contributed by atoms with E-state index in [9.17, 15) is 4.79 Å². The van der Waals surface area contributed by atoms with Crippen molar-refractivity contribution >= 4 is 23.0 Å². The molecule has 3 heterocycles. The summed E-state index contributed by atoms with van der Waals surface area (Å²) >= 11 is 0. The Morgan fingerprint density at radius 1 is 1.50 bits per heavy atom. The minimum Gasteiger partial charge on any atom is -0.366 e. The first kappa shape index (κ1) is 12.1. The van der Waals surface area contributed by atoms with Gasteiger partial charge in [-0.25, -0.2) is 9.67 Å². The zero-order chi connectivity index (χ0) is 14.1. The maximum Gasteiger partial charge on any atom is 0.251 e. The van der Waals surface area contributed by atoms with Crippen molar-refractivity contribution in [3.05, 3.63) is 24.3 Å². The number of fused-ring (bicyclic) bond motifs is 1. The van der Waals surface area contributed by atoms with Gasteiger partial charge < -0.3 is 16.0 Å². The van der Waals surface area contributed by atoms with E-state index in [1.165, 1.54) is 23.4 Å². The fraction of sp³-hybridized carbons (Fsp3) is 0.182. The second-order valence-corrected chi connectivity index (χ2v) is 4.04. The fourth-order valence-electron chi connectivity index (χ4n) is 1.79. The van der Waals surface area contributed by atoms with Crippen LogP contribution in [0, 0.1) is 0 Å². The number of anilines is 1. The molecule has 0 aromatic carbocycles. The quantitative estimate of drug-likeness (QED) is 0.616. The molecule has 4 N–H and O–H groups in total. The van der Waals surface area contributed by atoms with Crippen LogP contribution in [0.25, 0.3) is 17.0 Å². The second kappa shape index (κ2) is 4.61. The molecular formula is C11H12N8O. The smallest absolute Gasteiger partial charge is 0.251 e. The van der Waals surface area contributed by atoms with E-state index in [4.69, 9.17) is 5.73 Å². The summed E-state index contributed by atoms with van der Waals surface area (Å²) in [4.78, 5) is 26.8. The molecule has 3 rings (SSSR count). The highest BCUT2D eigenvalue weighted by Gasteiger charge is 2.13. The third-order valence-corrected chi connectivity index (χ3v) is 2.69. The van der Waals surface area contributed by atoms with E-state index in [0.29, 0.717) is 35.0 Å². The fourth-order valence-corrected chi connectivity index (χ4v) is 1.79. The summed E-state index contributed by atoms with van der Waals surface area (Å²) < 4.78 is 1.46. The number of primary amides is 1. The third kappa shape index (κ3) is 1.94. The zero-order valence-corrected chi connectivity index (χ0v) is 10.7. The van der Waals surface area contributed by atoms with Crippen molar-refractivity contribution in [2.24, 2.45) is 5.73 Å². The number of aromatic nitrogens is 6. The van der Waals surface area contributed by atoms with Gasteiger partial charge in [0.2, 0.25) is 5.95 Å². The molecular weight excluding hydrogens is 260 g/mol. The van der Waals surface area contributed by atoms with Gasteiger partial charge in [-0.3, -0.25) is 4.79 Å². The lowest BCUT2D eigenvalue weighted by molar-refractivity contribution is 0.100. The predicted octanol–water partition coefficient (Wildman–Crippen LogP) is 0.0693. The number of nitrogens with zero attached hydrogens (tertiary/aromatic N) is 5. The lowest BCUT2D eigenvalue weighted by Gasteiger charge is -2.05. The normalized spacial score (nSPS) is 10.8. The minimum absolute atomic E-state index is 0.307. The Bertz CT molecular complexity index is 774. The highest BCUT2D eigenvalue weighted by molar-refractivity contribution is 5.92. The summed E-state index contributed by atoms with van der Waals surface area (Å²) in [5, 5.41) is 7.11. The van der Waals surface area contributed by atoms with Crippen LogP contribution in [0.2, 0.25) is 0 Å². The summed E-state index contributed by atoms with van der Waals surface area (Å²) in [5.74, 6) is 0.396. The maximum absolute atomic E-state index is 11.1. The molecule has 9 heteroatoms. The van der Waals surface area contributed by atoms with E-state index < -0.39 is 5.91 Å². The number of nitrogens with one attached hydrogen (secondary N) is 2. The molecule has 3 aromatic rings. The van der Waals surface area contributed by atoms with Crippen LogP contribution >= 0.6 is 0 Å². The largest absolute Gasteiger partial charge is 0.366 e. The number of carbonyl (C=O) groups excluding carboxylic acids is 1. The van der Waals surface area contributed by atoms with Gasteiger partial charge in [0, 0.05) is 12.7 Å². The molecule has 1 amide bonds. The molecule has 0 saturated heterocycles. The Labute approximate surface area is 113 Å². The van der Waals surface area contributed by atoms with E-state index in [2.05, 4.69) is 30.4 Å². The number of hydrogen-bond acceptors (Lipinski definition) is 6. The Morgan fingerprint density at radius 2 is 2.35 bits per heavy atom. The molecule has 102 valence electrons. The van der Waals surface area contributed by atoms with E-state index in [-0.39, 0.29) is 0 Å². The van der Waals surface area contributed by atoms with Crippen LogP contribution in [0.5, 0.6) is 0 Å². The second-order valence-electron chi connectivity index (χ2n) is 4.04. The lowest BCUT2D eigenvalue weighted by Crippen LogP contribution is -2.10. The van der Waals surface area contributed by atoms with E-state index in [1.807, 2.05) is 6.92 Å². The van der Waals surface area contributed by atoms with E-state index >= 15 is 0 Å². The summed E-state index contributed by atoms with van der Waals surface area (Å²) in [6.45, 7) is 2.62. The van der Waals surface area contributed by atoms with E-state index in [1.54, 1.807) is 0 Å². The van der Waals surface area contributed by atoms with Gasteiger partial charge in [0.25, 0.3) is 5.91 Å². The van der Waals surface area contributed by atoms with Crippen LogP contribution in [-0.4, -0.2) is 42.2 Å². The zero-order valence-electron chi connectivity index (χ0n) is 10.7. The molecule has 0 saturated carbocycles. The van der Waals surface area contributed by atoms with Crippen molar-refractivity contribution in [3.63, 3.8) is 0 Å². The average Bonchev–Trinajstić information content (AvgIpc) is 3.07. The molecule has 0 fully saturated rings. The monoisotopic (exact) mass is 272 g/mol. The van der Waals surface area contributed by atoms with Gasteiger partial charge >= 0.3 is 0 Å². The number of nitrogens with two attached hydrogens (primary N) is 1. The molecule has 0 unspecified atom stereocenters. The number of aromatic amines is 1. The molecule has 9 nitrogen and oxygen atoms in total. The Hall–Kier alpha value is -2.97. The first-order valence-electron chi connectivity index (χ1n) is 5.99. The third-order valence-electron chi connectivity index (χ3n) is 2.69. The van der Waals surface area contributed by atoms with Crippen LogP contribution < -0.4 is 11.1 Å². The SMILES string of the molecule is CCNc1nc(-n2cc(C(N)=O)cn2)c2[nH]cnc2n1. The number of hydrogen-bond donors (Lipinski definition) is 3. The van der Waals surface area contributed by atoms with Crippen molar-refractivity contribution in [2.75, 3.05) is 11.9 Å². The topological polar surface area (TPSA) is 127 Å². The van der Waals surface area contributed by atoms with Gasteiger partial charge in [-0.05, 0) is 6.92 Å². The molecule has 0 aliphatic heterocycles. The van der Waals surface area contributed by atoms with Crippen LogP contribution in [-0.2, 0) is 0 Å². The highest BCUT2D eigenvalue weighted by Crippen LogP contribution is 2.17. The van der Waals surface area contributed by atoms with E-state index in [0.717, 1.165) is 0 Å². The first-order chi connectivity index (χ1) is 9.69. The van der Waals surface area contributed by atoms with Crippen molar-refractivity contribution in [1.29, 1.82) is 0 Å². The summed E-state index contributed by atoms with van der Waals surface area (Å²) in [7, 11) is 0. The Morgan fingerprint density at radius 3 is 3.05 bits per heavy atom. The first-order valence-corrected chi connectivity index (χ1v) is 5.99. The molecule has 3 aromatic heterocycles.